The number of fused-ring (bicyclic) bond motifs is 1. The molecule has 0 saturated carbocycles. The van der Waals surface area contributed by atoms with Gasteiger partial charge in [0.2, 0.25) is 6.79 Å². The Morgan fingerprint density at radius 2 is 1.85 bits per heavy atom. The lowest BCUT2D eigenvalue weighted by molar-refractivity contribution is 0.0944. The normalized spacial score (nSPS) is 12.1. The molecule has 4 rings (SSSR count). The molecule has 27 heavy (non-hydrogen) atoms. The third kappa shape index (κ3) is 4.11. The molecule has 0 spiro atoms. The number of aryl methyl sites for hydroxylation is 1. The van der Waals surface area contributed by atoms with Crippen molar-refractivity contribution in [3.05, 3.63) is 65.9 Å². The average Bonchev–Trinajstić information content (AvgIpc) is 3.37. The van der Waals surface area contributed by atoms with Gasteiger partial charge in [0.1, 0.15) is 0 Å². The molecule has 3 aromatic rings. The van der Waals surface area contributed by atoms with E-state index >= 15 is 0 Å². The van der Waals surface area contributed by atoms with Crippen LogP contribution in [-0.2, 0) is 6.42 Å². The summed E-state index contributed by atoms with van der Waals surface area (Å²) >= 11 is 0. The summed E-state index contributed by atoms with van der Waals surface area (Å²) in [6.07, 6.45) is 2.94. The predicted octanol–water partition coefficient (Wildman–Crippen LogP) is 3.82. The van der Waals surface area contributed by atoms with Gasteiger partial charge in [-0.2, -0.15) is 0 Å². The number of hydrogen-bond acceptors (Lipinski definition) is 5. The van der Waals surface area contributed by atoms with Crippen molar-refractivity contribution in [2.75, 3.05) is 13.3 Å². The molecule has 2 aromatic carbocycles. The Morgan fingerprint density at radius 3 is 2.74 bits per heavy atom. The molecule has 0 aliphatic carbocycles. The average molecular weight is 364 g/mol. The van der Waals surface area contributed by atoms with Crippen molar-refractivity contribution in [1.29, 1.82) is 0 Å². The molecule has 0 fully saturated rings. The Balaban J connectivity index is 1.27. The summed E-state index contributed by atoms with van der Waals surface area (Å²) in [6.45, 7) is 0.824. The van der Waals surface area contributed by atoms with E-state index in [1.165, 1.54) is 5.56 Å². The second kappa shape index (κ2) is 7.95. The summed E-state index contributed by atoms with van der Waals surface area (Å²) in [5, 5.41) is 6.76. The van der Waals surface area contributed by atoms with E-state index < -0.39 is 0 Å². The van der Waals surface area contributed by atoms with E-state index in [1.807, 2.05) is 36.4 Å². The number of benzene rings is 2. The number of hydrogen-bond donors (Lipinski definition) is 1. The zero-order chi connectivity index (χ0) is 18.5. The second-order valence-corrected chi connectivity index (χ2v) is 6.34. The van der Waals surface area contributed by atoms with Crippen LogP contribution in [0.15, 0.2) is 59.1 Å². The molecule has 6 nitrogen and oxygen atoms in total. The van der Waals surface area contributed by atoms with Crippen LogP contribution in [0.3, 0.4) is 0 Å². The minimum absolute atomic E-state index is 0.215. The number of carbonyl (C=O) groups is 1. The highest BCUT2D eigenvalue weighted by molar-refractivity contribution is 5.93. The van der Waals surface area contributed by atoms with Gasteiger partial charge in [-0.3, -0.25) is 4.79 Å². The number of amides is 1. The maximum Gasteiger partial charge on any atom is 0.273 e. The highest BCUT2D eigenvalue weighted by atomic mass is 16.7. The first-order chi connectivity index (χ1) is 13.3. The zero-order valence-corrected chi connectivity index (χ0v) is 14.8. The monoisotopic (exact) mass is 364 g/mol. The molecule has 6 heteroatoms. The van der Waals surface area contributed by atoms with Gasteiger partial charge in [0.15, 0.2) is 23.0 Å². The zero-order valence-electron chi connectivity index (χ0n) is 14.8. The Labute approximate surface area is 157 Å². The van der Waals surface area contributed by atoms with Crippen molar-refractivity contribution < 1.29 is 18.8 Å². The summed E-state index contributed by atoms with van der Waals surface area (Å²) in [5.41, 5.74) is 2.37. The molecule has 1 aliphatic rings. The molecule has 1 amide bonds. The van der Waals surface area contributed by atoms with Gasteiger partial charge in [0.05, 0.1) is 0 Å². The van der Waals surface area contributed by atoms with Gasteiger partial charge in [-0.1, -0.05) is 35.5 Å². The third-order valence-electron chi connectivity index (χ3n) is 4.42. The largest absolute Gasteiger partial charge is 0.454 e. The SMILES string of the molecule is O=C(NCCCCc1ccccc1)c1cc(-c2ccc3c(c2)OCO3)on1. The molecule has 0 bridgehead atoms. The fraction of sp³-hybridized carbons (Fsp3) is 0.238. The van der Waals surface area contributed by atoms with E-state index in [1.54, 1.807) is 6.07 Å². The minimum atomic E-state index is -0.231. The van der Waals surface area contributed by atoms with Gasteiger partial charge in [-0.05, 0) is 43.0 Å². The Bertz CT molecular complexity index is 921. The van der Waals surface area contributed by atoms with Crippen molar-refractivity contribution in [2.24, 2.45) is 0 Å². The summed E-state index contributed by atoms with van der Waals surface area (Å²) in [7, 11) is 0. The maximum absolute atomic E-state index is 12.2. The summed E-state index contributed by atoms with van der Waals surface area (Å²) in [5.74, 6) is 1.65. The first-order valence-electron chi connectivity index (χ1n) is 8.98. The topological polar surface area (TPSA) is 73.6 Å². The lowest BCUT2D eigenvalue weighted by atomic mass is 10.1. The lowest BCUT2D eigenvalue weighted by Gasteiger charge is -2.03. The van der Waals surface area contributed by atoms with Crippen LogP contribution in [-0.4, -0.2) is 24.4 Å². The molecule has 2 heterocycles. The number of ether oxygens (including phenoxy) is 2. The van der Waals surface area contributed by atoms with Gasteiger partial charge in [0.25, 0.3) is 5.91 Å². The van der Waals surface area contributed by atoms with E-state index in [0.717, 1.165) is 24.8 Å². The van der Waals surface area contributed by atoms with Gasteiger partial charge < -0.3 is 19.3 Å². The molecule has 138 valence electrons. The van der Waals surface area contributed by atoms with Crippen LogP contribution in [0, 0.1) is 0 Å². The first-order valence-corrected chi connectivity index (χ1v) is 8.98. The summed E-state index contributed by atoms with van der Waals surface area (Å²) in [6, 6.07) is 17.4. The third-order valence-corrected chi connectivity index (χ3v) is 4.42. The van der Waals surface area contributed by atoms with Crippen LogP contribution in [0.1, 0.15) is 28.9 Å². The van der Waals surface area contributed by atoms with E-state index in [-0.39, 0.29) is 18.4 Å². The first kappa shape index (κ1) is 17.1. The molecule has 0 saturated heterocycles. The fourth-order valence-electron chi connectivity index (χ4n) is 2.96. The second-order valence-electron chi connectivity index (χ2n) is 6.34. The van der Waals surface area contributed by atoms with E-state index in [9.17, 15) is 4.79 Å². The van der Waals surface area contributed by atoms with Gasteiger partial charge in [-0.25, -0.2) is 0 Å². The lowest BCUT2D eigenvalue weighted by Crippen LogP contribution is -2.24. The number of aromatic nitrogens is 1. The maximum atomic E-state index is 12.2. The highest BCUT2D eigenvalue weighted by Crippen LogP contribution is 2.35. The van der Waals surface area contributed by atoms with E-state index in [0.29, 0.717) is 23.8 Å². The molecule has 0 unspecified atom stereocenters. The fourth-order valence-corrected chi connectivity index (χ4v) is 2.96. The number of nitrogens with one attached hydrogen (secondary N) is 1. The van der Waals surface area contributed by atoms with Crippen LogP contribution < -0.4 is 14.8 Å². The molecule has 0 radical (unpaired) electrons. The number of carbonyl (C=O) groups excluding carboxylic acids is 1. The molecular formula is C21H20N2O4. The predicted molar refractivity (Wildman–Crippen MR) is 99.8 cm³/mol. The Morgan fingerprint density at radius 1 is 1.00 bits per heavy atom. The number of rotatable bonds is 7. The van der Waals surface area contributed by atoms with Crippen LogP contribution in [0.2, 0.25) is 0 Å². The van der Waals surface area contributed by atoms with E-state index in [2.05, 4.69) is 22.6 Å². The number of unbranched alkanes of at least 4 members (excludes halogenated alkanes) is 1. The van der Waals surface area contributed by atoms with Crippen molar-refractivity contribution in [1.82, 2.24) is 10.5 Å². The highest BCUT2D eigenvalue weighted by Gasteiger charge is 2.17. The minimum Gasteiger partial charge on any atom is -0.454 e. The molecule has 1 N–H and O–H groups in total. The molecule has 0 atom stereocenters. The summed E-state index contributed by atoms with van der Waals surface area (Å²) in [4.78, 5) is 12.2. The molecular weight excluding hydrogens is 344 g/mol. The summed E-state index contributed by atoms with van der Waals surface area (Å²) < 4.78 is 16.0. The number of nitrogens with zero attached hydrogens (tertiary/aromatic N) is 1. The van der Waals surface area contributed by atoms with Crippen LogP contribution >= 0.6 is 0 Å². The van der Waals surface area contributed by atoms with Crippen LogP contribution in [0.25, 0.3) is 11.3 Å². The van der Waals surface area contributed by atoms with Crippen molar-refractivity contribution in [2.45, 2.75) is 19.3 Å². The van der Waals surface area contributed by atoms with Crippen LogP contribution in [0.4, 0.5) is 0 Å². The molecule has 1 aliphatic heterocycles. The Hall–Kier alpha value is -3.28. The van der Waals surface area contributed by atoms with Crippen molar-refractivity contribution in [3.8, 4) is 22.8 Å². The van der Waals surface area contributed by atoms with Gasteiger partial charge in [0, 0.05) is 18.2 Å². The van der Waals surface area contributed by atoms with Crippen molar-refractivity contribution in [3.63, 3.8) is 0 Å². The van der Waals surface area contributed by atoms with E-state index in [4.69, 9.17) is 14.0 Å². The van der Waals surface area contributed by atoms with Crippen LogP contribution in [0.5, 0.6) is 11.5 Å². The Kier molecular flexibility index (Phi) is 5.05. The quantitative estimate of drug-likeness (QED) is 0.645. The standard InChI is InChI=1S/C21H20N2O4/c24-21(22-11-5-4-8-15-6-2-1-3-7-15)17-13-19(27-23-17)16-9-10-18-20(12-16)26-14-25-18/h1-3,6-7,9-10,12-13H,4-5,8,11,14H2,(H,22,24). The van der Waals surface area contributed by atoms with Crippen molar-refractivity contribution >= 4 is 5.91 Å². The smallest absolute Gasteiger partial charge is 0.273 e. The van der Waals surface area contributed by atoms with Gasteiger partial charge >= 0.3 is 0 Å². The van der Waals surface area contributed by atoms with Gasteiger partial charge in [-0.15, -0.1) is 0 Å². The molecule has 1 aromatic heterocycles.